The molecule has 1 atom stereocenters. The number of piperidine rings is 1. The summed E-state index contributed by atoms with van der Waals surface area (Å²) < 4.78 is 13.3. The standard InChI is InChI=1S/C14H16ClFN2O3/c1-14(12(19)20)4-2-3-5-18(14)13(21)17-11-7-9(15)6-10(16)8-11/h6-8H,2-5H2,1H3,(H,17,21)(H,19,20). The molecule has 0 aliphatic carbocycles. The topological polar surface area (TPSA) is 69.6 Å². The van der Waals surface area contributed by atoms with E-state index in [1.165, 1.54) is 17.9 Å². The Bertz CT molecular complexity index is 561. The van der Waals surface area contributed by atoms with Gasteiger partial charge in [-0.15, -0.1) is 0 Å². The number of hydrogen-bond acceptors (Lipinski definition) is 2. The van der Waals surface area contributed by atoms with Gasteiger partial charge in [0.1, 0.15) is 11.4 Å². The Labute approximate surface area is 126 Å². The molecule has 114 valence electrons. The van der Waals surface area contributed by atoms with Crippen LogP contribution in [0.1, 0.15) is 26.2 Å². The normalized spacial score (nSPS) is 22.0. The smallest absolute Gasteiger partial charge is 0.329 e. The molecule has 0 bridgehead atoms. The van der Waals surface area contributed by atoms with Gasteiger partial charge >= 0.3 is 12.0 Å². The minimum absolute atomic E-state index is 0.157. The number of halogens is 2. The van der Waals surface area contributed by atoms with Gasteiger partial charge in [0.15, 0.2) is 0 Å². The molecular weight excluding hydrogens is 299 g/mol. The monoisotopic (exact) mass is 314 g/mol. The van der Waals surface area contributed by atoms with Crippen molar-refractivity contribution in [2.24, 2.45) is 0 Å². The van der Waals surface area contributed by atoms with E-state index in [9.17, 15) is 19.1 Å². The lowest BCUT2D eigenvalue weighted by atomic mass is 9.89. The van der Waals surface area contributed by atoms with Crippen molar-refractivity contribution in [1.29, 1.82) is 0 Å². The zero-order valence-electron chi connectivity index (χ0n) is 11.5. The summed E-state index contributed by atoms with van der Waals surface area (Å²) in [5, 5.41) is 12.0. The van der Waals surface area contributed by atoms with E-state index in [1.807, 2.05) is 0 Å². The largest absolute Gasteiger partial charge is 0.480 e. The second-order valence-electron chi connectivity index (χ2n) is 5.28. The molecule has 1 unspecified atom stereocenters. The molecule has 1 aromatic rings. The first-order valence-corrected chi connectivity index (χ1v) is 6.99. The van der Waals surface area contributed by atoms with E-state index in [1.54, 1.807) is 0 Å². The Hall–Kier alpha value is -1.82. The molecule has 0 spiro atoms. The van der Waals surface area contributed by atoms with Gasteiger partial charge in [-0.3, -0.25) is 0 Å². The number of nitrogens with one attached hydrogen (secondary N) is 1. The molecule has 1 fully saturated rings. The van der Waals surface area contributed by atoms with Crippen LogP contribution in [-0.2, 0) is 4.79 Å². The van der Waals surface area contributed by atoms with Crippen LogP contribution in [-0.4, -0.2) is 34.1 Å². The summed E-state index contributed by atoms with van der Waals surface area (Å²) in [5.41, 5.74) is -1.05. The van der Waals surface area contributed by atoms with Crippen LogP contribution in [0.2, 0.25) is 5.02 Å². The van der Waals surface area contributed by atoms with Crippen LogP contribution in [0.5, 0.6) is 0 Å². The molecular formula is C14H16ClFN2O3. The van der Waals surface area contributed by atoms with Crippen molar-refractivity contribution >= 4 is 29.3 Å². The van der Waals surface area contributed by atoms with Gasteiger partial charge in [0, 0.05) is 17.3 Å². The molecule has 1 heterocycles. The second-order valence-corrected chi connectivity index (χ2v) is 5.71. The van der Waals surface area contributed by atoms with Gasteiger partial charge in [-0.05, 0) is 44.4 Å². The van der Waals surface area contributed by atoms with E-state index in [0.717, 1.165) is 25.0 Å². The fraction of sp³-hybridized carbons (Fsp3) is 0.429. The van der Waals surface area contributed by atoms with Crippen molar-refractivity contribution in [2.45, 2.75) is 31.7 Å². The third-order valence-electron chi connectivity index (χ3n) is 3.71. The zero-order chi connectivity index (χ0) is 15.6. The number of carbonyl (C=O) groups excluding carboxylic acids is 1. The summed E-state index contributed by atoms with van der Waals surface area (Å²) >= 11 is 5.73. The highest BCUT2D eigenvalue weighted by Crippen LogP contribution is 2.29. The van der Waals surface area contributed by atoms with Crippen molar-refractivity contribution in [3.63, 3.8) is 0 Å². The van der Waals surface area contributed by atoms with E-state index < -0.39 is 23.4 Å². The van der Waals surface area contributed by atoms with Crippen LogP contribution >= 0.6 is 11.6 Å². The summed E-state index contributed by atoms with van der Waals surface area (Å²) in [5.74, 6) is -1.62. The van der Waals surface area contributed by atoms with Gasteiger partial charge in [-0.1, -0.05) is 11.6 Å². The molecule has 21 heavy (non-hydrogen) atoms. The van der Waals surface area contributed by atoms with E-state index in [-0.39, 0.29) is 10.7 Å². The first-order valence-electron chi connectivity index (χ1n) is 6.61. The lowest BCUT2D eigenvalue weighted by molar-refractivity contribution is -0.150. The van der Waals surface area contributed by atoms with Gasteiger partial charge in [0.25, 0.3) is 0 Å². The highest BCUT2D eigenvalue weighted by Gasteiger charge is 2.44. The number of anilines is 1. The summed E-state index contributed by atoms with van der Waals surface area (Å²) in [6.07, 6.45) is 1.87. The fourth-order valence-electron chi connectivity index (χ4n) is 2.49. The Morgan fingerprint density at radius 1 is 1.38 bits per heavy atom. The number of benzene rings is 1. The van der Waals surface area contributed by atoms with Crippen molar-refractivity contribution in [3.8, 4) is 0 Å². The number of rotatable bonds is 2. The minimum Gasteiger partial charge on any atom is -0.480 e. The molecule has 2 N–H and O–H groups in total. The highest BCUT2D eigenvalue weighted by molar-refractivity contribution is 6.30. The second kappa shape index (κ2) is 5.89. The molecule has 2 amide bonds. The van der Waals surface area contributed by atoms with E-state index in [4.69, 9.17) is 11.6 Å². The number of aliphatic carboxylic acids is 1. The average molecular weight is 315 g/mol. The first kappa shape index (κ1) is 15.6. The Balaban J connectivity index is 2.20. The zero-order valence-corrected chi connectivity index (χ0v) is 12.3. The molecule has 1 saturated heterocycles. The quantitative estimate of drug-likeness (QED) is 0.879. The maximum Gasteiger partial charge on any atom is 0.329 e. The van der Waals surface area contributed by atoms with Crippen LogP contribution in [0, 0.1) is 5.82 Å². The molecule has 5 nitrogen and oxygen atoms in total. The number of carboxylic acid groups (broad SMARTS) is 1. The summed E-state index contributed by atoms with van der Waals surface area (Å²) in [6.45, 7) is 1.87. The Kier molecular flexibility index (Phi) is 4.37. The summed E-state index contributed by atoms with van der Waals surface area (Å²) in [7, 11) is 0. The Morgan fingerprint density at radius 2 is 2.10 bits per heavy atom. The van der Waals surface area contributed by atoms with Gasteiger partial charge in [-0.25, -0.2) is 14.0 Å². The fourth-order valence-corrected chi connectivity index (χ4v) is 2.71. The molecule has 2 rings (SSSR count). The predicted molar refractivity (Wildman–Crippen MR) is 77.0 cm³/mol. The molecule has 0 saturated carbocycles. The molecule has 0 aromatic heterocycles. The van der Waals surface area contributed by atoms with Crippen LogP contribution in [0.3, 0.4) is 0 Å². The van der Waals surface area contributed by atoms with E-state index in [0.29, 0.717) is 13.0 Å². The molecule has 7 heteroatoms. The van der Waals surface area contributed by atoms with Gasteiger partial charge < -0.3 is 15.3 Å². The Morgan fingerprint density at radius 3 is 2.71 bits per heavy atom. The maximum absolute atomic E-state index is 13.3. The molecule has 1 aliphatic heterocycles. The number of amides is 2. The van der Waals surface area contributed by atoms with Crippen LogP contribution in [0.25, 0.3) is 0 Å². The molecule has 0 radical (unpaired) electrons. The lowest BCUT2D eigenvalue weighted by Gasteiger charge is -2.41. The summed E-state index contributed by atoms with van der Waals surface area (Å²) in [4.78, 5) is 25.0. The van der Waals surface area contributed by atoms with Crippen LogP contribution in [0.15, 0.2) is 18.2 Å². The average Bonchev–Trinajstić information content (AvgIpc) is 2.37. The SMILES string of the molecule is CC1(C(=O)O)CCCCN1C(=O)Nc1cc(F)cc(Cl)c1. The van der Waals surface area contributed by atoms with Gasteiger partial charge in [0.2, 0.25) is 0 Å². The van der Waals surface area contributed by atoms with E-state index >= 15 is 0 Å². The van der Waals surface area contributed by atoms with E-state index in [2.05, 4.69) is 5.32 Å². The van der Waals surface area contributed by atoms with Crippen molar-refractivity contribution < 1.29 is 19.1 Å². The summed E-state index contributed by atoms with van der Waals surface area (Å²) in [6, 6.07) is 3.09. The number of likely N-dealkylation sites (tertiary alicyclic amines) is 1. The maximum atomic E-state index is 13.3. The third-order valence-corrected chi connectivity index (χ3v) is 3.93. The van der Waals surface area contributed by atoms with Crippen molar-refractivity contribution in [1.82, 2.24) is 4.90 Å². The predicted octanol–water partition coefficient (Wildman–Crippen LogP) is 3.34. The number of urea groups is 1. The number of carbonyl (C=O) groups is 2. The van der Waals surface area contributed by atoms with Gasteiger partial charge in [0.05, 0.1) is 0 Å². The highest BCUT2D eigenvalue weighted by atomic mass is 35.5. The van der Waals surface area contributed by atoms with Crippen LogP contribution < -0.4 is 5.32 Å². The molecule has 1 aliphatic rings. The van der Waals surface area contributed by atoms with Crippen LogP contribution in [0.4, 0.5) is 14.9 Å². The van der Waals surface area contributed by atoms with Gasteiger partial charge in [-0.2, -0.15) is 0 Å². The first-order chi connectivity index (χ1) is 9.83. The lowest BCUT2D eigenvalue weighted by Crippen LogP contribution is -2.58. The number of carboxylic acids is 1. The molecule has 1 aromatic carbocycles. The number of nitrogens with zero attached hydrogens (tertiary/aromatic N) is 1. The van der Waals surface area contributed by atoms with Crippen molar-refractivity contribution in [3.05, 3.63) is 29.0 Å². The van der Waals surface area contributed by atoms with Crippen molar-refractivity contribution in [2.75, 3.05) is 11.9 Å². The minimum atomic E-state index is -1.25. The number of hydrogen-bond donors (Lipinski definition) is 2. The third kappa shape index (κ3) is 3.26.